The van der Waals surface area contributed by atoms with Gasteiger partial charge in [0.2, 0.25) is 0 Å². The first kappa shape index (κ1) is 11.6. The maximum atomic E-state index is 8.71. The van der Waals surface area contributed by atoms with Crippen LogP contribution in [0.3, 0.4) is 0 Å². The Kier molecular flexibility index (Phi) is 4.49. The smallest absolute Gasteiger partial charge is 0.0439 e. The lowest BCUT2D eigenvalue weighted by atomic mass is 10.1. The van der Waals surface area contributed by atoms with Crippen molar-refractivity contribution >= 4 is 11.8 Å². The molecule has 2 heteroatoms. The molecule has 0 fully saturated rings. The van der Waals surface area contributed by atoms with E-state index >= 15 is 0 Å². The van der Waals surface area contributed by atoms with Crippen LogP contribution in [0.15, 0.2) is 17.0 Å². The second-order valence-electron chi connectivity index (χ2n) is 3.65. The first-order valence-corrected chi connectivity index (χ1v) is 5.95. The van der Waals surface area contributed by atoms with E-state index in [1.807, 2.05) is 11.8 Å². The van der Waals surface area contributed by atoms with Crippen LogP contribution in [0, 0.1) is 20.8 Å². The molecule has 0 bridgehead atoms. The van der Waals surface area contributed by atoms with E-state index in [2.05, 4.69) is 32.9 Å². The molecule has 0 aliphatic rings. The molecule has 0 heterocycles. The van der Waals surface area contributed by atoms with E-state index in [0.717, 1.165) is 12.2 Å². The second kappa shape index (κ2) is 5.42. The van der Waals surface area contributed by atoms with Gasteiger partial charge < -0.3 is 5.11 Å². The standard InChI is InChI=1S/C12H18OS/c1-9-7-10(2)12(11(3)8-9)14-6-4-5-13/h7-8,13H,4-6H2,1-3H3. The number of thioether (sulfide) groups is 1. The number of hydrogen-bond donors (Lipinski definition) is 1. The van der Waals surface area contributed by atoms with Crippen LogP contribution in [-0.2, 0) is 0 Å². The van der Waals surface area contributed by atoms with Gasteiger partial charge in [-0.1, -0.05) is 17.7 Å². The molecule has 0 spiro atoms. The zero-order valence-corrected chi connectivity index (χ0v) is 9.95. The first-order chi connectivity index (χ1) is 6.65. The van der Waals surface area contributed by atoms with Crippen LogP contribution in [0.4, 0.5) is 0 Å². The van der Waals surface area contributed by atoms with Gasteiger partial charge >= 0.3 is 0 Å². The zero-order valence-electron chi connectivity index (χ0n) is 9.13. The molecule has 0 atom stereocenters. The van der Waals surface area contributed by atoms with E-state index in [1.54, 1.807) is 0 Å². The quantitative estimate of drug-likeness (QED) is 0.609. The van der Waals surface area contributed by atoms with Crippen molar-refractivity contribution in [2.45, 2.75) is 32.1 Å². The molecule has 0 saturated carbocycles. The van der Waals surface area contributed by atoms with Gasteiger partial charge in [-0.25, -0.2) is 0 Å². The van der Waals surface area contributed by atoms with Crippen molar-refractivity contribution in [3.8, 4) is 0 Å². The van der Waals surface area contributed by atoms with Crippen LogP contribution in [0.1, 0.15) is 23.1 Å². The summed E-state index contributed by atoms with van der Waals surface area (Å²) in [7, 11) is 0. The van der Waals surface area contributed by atoms with Crippen molar-refractivity contribution in [1.29, 1.82) is 0 Å². The predicted molar refractivity (Wildman–Crippen MR) is 63.1 cm³/mol. The maximum absolute atomic E-state index is 8.71. The zero-order chi connectivity index (χ0) is 10.6. The van der Waals surface area contributed by atoms with Crippen molar-refractivity contribution < 1.29 is 5.11 Å². The molecule has 1 aromatic rings. The SMILES string of the molecule is Cc1cc(C)c(SCCCO)c(C)c1. The first-order valence-electron chi connectivity index (χ1n) is 4.96. The number of benzene rings is 1. The highest BCUT2D eigenvalue weighted by Gasteiger charge is 2.03. The summed E-state index contributed by atoms with van der Waals surface area (Å²) < 4.78 is 0. The third-order valence-corrected chi connectivity index (χ3v) is 3.58. The highest BCUT2D eigenvalue weighted by molar-refractivity contribution is 7.99. The van der Waals surface area contributed by atoms with Crippen LogP contribution in [0.5, 0.6) is 0 Å². The monoisotopic (exact) mass is 210 g/mol. The topological polar surface area (TPSA) is 20.2 Å². The molecule has 14 heavy (non-hydrogen) atoms. The van der Waals surface area contributed by atoms with Gasteiger partial charge in [0.05, 0.1) is 0 Å². The van der Waals surface area contributed by atoms with Crippen LogP contribution >= 0.6 is 11.8 Å². The van der Waals surface area contributed by atoms with Gasteiger partial charge in [-0.2, -0.15) is 0 Å². The molecule has 1 rings (SSSR count). The fourth-order valence-corrected chi connectivity index (χ4v) is 2.68. The average molecular weight is 210 g/mol. The second-order valence-corrected chi connectivity index (χ2v) is 4.76. The fourth-order valence-electron chi connectivity index (χ4n) is 1.63. The van der Waals surface area contributed by atoms with Gasteiger partial charge in [-0.3, -0.25) is 0 Å². The van der Waals surface area contributed by atoms with Crippen molar-refractivity contribution in [3.05, 3.63) is 28.8 Å². The van der Waals surface area contributed by atoms with Gasteiger partial charge in [0.1, 0.15) is 0 Å². The summed E-state index contributed by atoms with van der Waals surface area (Å²) in [5, 5.41) is 8.71. The minimum Gasteiger partial charge on any atom is -0.396 e. The normalized spacial score (nSPS) is 10.6. The van der Waals surface area contributed by atoms with Gasteiger partial charge in [-0.05, 0) is 38.3 Å². The lowest BCUT2D eigenvalue weighted by Crippen LogP contribution is -1.91. The lowest BCUT2D eigenvalue weighted by molar-refractivity contribution is 0.296. The summed E-state index contributed by atoms with van der Waals surface area (Å²) >= 11 is 1.85. The van der Waals surface area contributed by atoms with E-state index in [1.165, 1.54) is 21.6 Å². The minimum atomic E-state index is 0.289. The Hall–Kier alpha value is -0.470. The number of rotatable bonds is 4. The van der Waals surface area contributed by atoms with Gasteiger partial charge in [0.25, 0.3) is 0 Å². The van der Waals surface area contributed by atoms with Crippen LogP contribution in [-0.4, -0.2) is 17.5 Å². The van der Waals surface area contributed by atoms with Crippen LogP contribution < -0.4 is 0 Å². The molecule has 0 radical (unpaired) electrons. The number of aryl methyl sites for hydroxylation is 3. The van der Waals surface area contributed by atoms with Crippen molar-refractivity contribution in [3.63, 3.8) is 0 Å². The summed E-state index contributed by atoms with van der Waals surface area (Å²) in [5.74, 6) is 1.00. The Balaban J connectivity index is 2.75. The number of aliphatic hydroxyl groups is 1. The van der Waals surface area contributed by atoms with Crippen molar-refractivity contribution in [1.82, 2.24) is 0 Å². The maximum Gasteiger partial charge on any atom is 0.0439 e. The van der Waals surface area contributed by atoms with E-state index in [9.17, 15) is 0 Å². The minimum absolute atomic E-state index is 0.289. The predicted octanol–water partition coefficient (Wildman–Crippen LogP) is 3.09. The highest BCUT2D eigenvalue weighted by atomic mass is 32.2. The molecule has 0 amide bonds. The summed E-state index contributed by atoms with van der Waals surface area (Å²) in [6.07, 6.45) is 0.872. The lowest BCUT2D eigenvalue weighted by Gasteiger charge is -2.10. The molecule has 0 aliphatic carbocycles. The Labute approximate surface area is 90.5 Å². The van der Waals surface area contributed by atoms with E-state index in [-0.39, 0.29) is 6.61 Å². The molecule has 1 N–H and O–H groups in total. The third-order valence-electron chi connectivity index (χ3n) is 2.15. The van der Waals surface area contributed by atoms with Gasteiger partial charge in [-0.15, -0.1) is 11.8 Å². The van der Waals surface area contributed by atoms with Gasteiger partial charge in [0.15, 0.2) is 0 Å². The summed E-state index contributed by atoms with van der Waals surface area (Å²) in [6.45, 7) is 6.72. The van der Waals surface area contributed by atoms with E-state index in [0.29, 0.717) is 0 Å². The Morgan fingerprint density at radius 1 is 1.14 bits per heavy atom. The molecule has 78 valence electrons. The fraction of sp³-hybridized carbons (Fsp3) is 0.500. The molecular formula is C12H18OS. The third kappa shape index (κ3) is 3.03. The van der Waals surface area contributed by atoms with Crippen molar-refractivity contribution in [2.24, 2.45) is 0 Å². The van der Waals surface area contributed by atoms with Crippen LogP contribution in [0.25, 0.3) is 0 Å². The Bertz CT molecular complexity index is 284. The van der Waals surface area contributed by atoms with Gasteiger partial charge in [0, 0.05) is 17.3 Å². The number of hydrogen-bond acceptors (Lipinski definition) is 2. The Morgan fingerprint density at radius 2 is 1.71 bits per heavy atom. The van der Waals surface area contributed by atoms with Crippen LogP contribution in [0.2, 0.25) is 0 Å². The molecule has 1 nitrogen and oxygen atoms in total. The highest BCUT2D eigenvalue weighted by Crippen LogP contribution is 2.27. The van der Waals surface area contributed by atoms with E-state index < -0.39 is 0 Å². The summed E-state index contributed by atoms with van der Waals surface area (Å²) in [6, 6.07) is 4.43. The molecule has 0 aromatic heterocycles. The Morgan fingerprint density at radius 3 is 2.21 bits per heavy atom. The molecule has 0 unspecified atom stereocenters. The molecular weight excluding hydrogens is 192 g/mol. The molecule has 1 aromatic carbocycles. The van der Waals surface area contributed by atoms with Crippen molar-refractivity contribution in [2.75, 3.05) is 12.4 Å². The summed E-state index contributed by atoms with van der Waals surface area (Å²) in [5.41, 5.74) is 4.03. The largest absolute Gasteiger partial charge is 0.396 e. The van der Waals surface area contributed by atoms with E-state index in [4.69, 9.17) is 5.11 Å². The molecule has 0 aliphatic heterocycles. The average Bonchev–Trinajstić information content (AvgIpc) is 2.09. The molecule has 0 saturated heterocycles. The number of aliphatic hydroxyl groups excluding tert-OH is 1. The summed E-state index contributed by atoms with van der Waals surface area (Å²) in [4.78, 5) is 1.38.